The molecule has 0 spiro atoms. The largest absolute Gasteiger partial charge is 0.310 e. The monoisotopic (exact) mass is 293 g/mol. The van der Waals surface area contributed by atoms with Crippen LogP contribution in [0.1, 0.15) is 24.5 Å². The van der Waals surface area contributed by atoms with Gasteiger partial charge in [0, 0.05) is 18.2 Å². The second-order valence-corrected chi connectivity index (χ2v) is 5.51. The minimum Gasteiger partial charge on any atom is -0.310 e. The molecule has 1 aromatic carbocycles. The Balaban J connectivity index is 2.20. The molecule has 1 N–H and O–H groups in total. The molecule has 112 valence electrons. The highest BCUT2D eigenvalue weighted by molar-refractivity contribution is 5.94. The van der Waals surface area contributed by atoms with Gasteiger partial charge in [0.1, 0.15) is 17.2 Å². The number of imidazole rings is 1. The van der Waals surface area contributed by atoms with Crippen molar-refractivity contribution in [2.45, 2.75) is 27.2 Å². The van der Waals surface area contributed by atoms with Crippen LogP contribution in [0, 0.1) is 13.8 Å². The first-order valence-electron chi connectivity index (χ1n) is 7.44. The maximum Gasteiger partial charge on any atom is 0.225 e. The Morgan fingerprint density at radius 1 is 1.14 bits per heavy atom. The number of rotatable bonds is 3. The van der Waals surface area contributed by atoms with Crippen molar-refractivity contribution < 1.29 is 4.79 Å². The number of nitrogens with one attached hydrogen (secondary N) is 1. The Labute approximate surface area is 129 Å². The lowest BCUT2D eigenvalue weighted by atomic mass is 10.1. The van der Waals surface area contributed by atoms with Crippen LogP contribution in [0.4, 0.5) is 5.82 Å². The molecule has 4 nitrogen and oxygen atoms in total. The van der Waals surface area contributed by atoms with E-state index in [2.05, 4.69) is 24.4 Å². The summed E-state index contributed by atoms with van der Waals surface area (Å²) >= 11 is 0. The molecule has 4 heteroatoms. The fourth-order valence-corrected chi connectivity index (χ4v) is 2.40. The van der Waals surface area contributed by atoms with E-state index in [9.17, 15) is 4.79 Å². The lowest BCUT2D eigenvalue weighted by Crippen LogP contribution is -2.12. The molecule has 0 saturated heterocycles. The summed E-state index contributed by atoms with van der Waals surface area (Å²) in [5.74, 6) is 0.710. The highest BCUT2D eigenvalue weighted by Crippen LogP contribution is 2.29. The maximum absolute atomic E-state index is 11.9. The van der Waals surface area contributed by atoms with E-state index >= 15 is 0 Å². The molecule has 0 aliphatic rings. The summed E-state index contributed by atoms with van der Waals surface area (Å²) in [6, 6.07) is 12.2. The average molecular weight is 293 g/mol. The van der Waals surface area contributed by atoms with Gasteiger partial charge in [0.2, 0.25) is 5.91 Å². The van der Waals surface area contributed by atoms with E-state index in [1.165, 1.54) is 5.56 Å². The quantitative estimate of drug-likeness (QED) is 0.794. The third kappa shape index (κ3) is 2.60. The van der Waals surface area contributed by atoms with Crippen LogP contribution in [0.2, 0.25) is 0 Å². The molecule has 0 fully saturated rings. The summed E-state index contributed by atoms with van der Waals surface area (Å²) in [5.41, 5.74) is 4.97. The van der Waals surface area contributed by atoms with Gasteiger partial charge in [0.25, 0.3) is 0 Å². The standard InChI is InChI=1S/C18H19N3O/c1-4-16(22)20-18-17(14-7-5-12(2)6-8-14)19-15-11-13(3)9-10-21(15)18/h5-11H,4H2,1-3H3,(H,20,22). The lowest BCUT2D eigenvalue weighted by Gasteiger charge is -2.07. The van der Waals surface area contributed by atoms with E-state index in [1.807, 2.05) is 48.7 Å². The number of aryl methyl sites for hydroxylation is 2. The van der Waals surface area contributed by atoms with E-state index in [0.29, 0.717) is 6.42 Å². The van der Waals surface area contributed by atoms with Crippen LogP contribution >= 0.6 is 0 Å². The summed E-state index contributed by atoms with van der Waals surface area (Å²) in [6.45, 7) is 5.93. The van der Waals surface area contributed by atoms with Crippen molar-refractivity contribution >= 4 is 17.4 Å². The van der Waals surface area contributed by atoms with E-state index in [4.69, 9.17) is 4.98 Å². The van der Waals surface area contributed by atoms with Crippen molar-refractivity contribution in [3.63, 3.8) is 0 Å². The van der Waals surface area contributed by atoms with Gasteiger partial charge in [-0.2, -0.15) is 0 Å². The number of aromatic nitrogens is 2. The average Bonchev–Trinajstić information content (AvgIpc) is 2.85. The topological polar surface area (TPSA) is 46.4 Å². The molecular weight excluding hydrogens is 274 g/mol. The molecule has 0 saturated carbocycles. The summed E-state index contributed by atoms with van der Waals surface area (Å²) in [6.07, 6.45) is 2.38. The Morgan fingerprint density at radius 2 is 1.86 bits per heavy atom. The number of hydrogen-bond acceptors (Lipinski definition) is 2. The van der Waals surface area contributed by atoms with Crippen molar-refractivity contribution in [3.8, 4) is 11.3 Å². The number of carbonyl (C=O) groups is 1. The van der Waals surface area contributed by atoms with Gasteiger partial charge < -0.3 is 5.32 Å². The Bertz CT molecular complexity index is 831. The minimum absolute atomic E-state index is 0.0178. The number of benzene rings is 1. The smallest absolute Gasteiger partial charge is 0.225 e. The minimum atomic E-state index is -0.0178. The number of anilines is 1. The molecule has 3 aromatic rings. The first-order chi connectivity index (χ1) is 10.6. The van der Waals surface area contributed by atoms with Crippen LogP contribution in [-0.2, 0) is 4.79 Å². The highest BCUT2D eigenvalue weighted by atomic mass is 16.1. The summed E-state index contributed by atoms with van der Waals surface area (Å²) in [4.78, 5) is 16.6. The molecular formula is C18H19N3O. The third-order valence-electron chi connectivity index (χ3n) is 3.69. The molecule has 2 aromatic heterocycles. The van der Waals surface area contributed by atoms with Gasteiger partial charge in [0.15, 0.2) is 0 Å². The molecule has 0 aliphatic carbocycles. The molecule has 0 atom stereocenters. The number of fused-ring (bicyclic) bond motifs is 1. The van der Waals surface area contributed by atoms with E-state index in [1.54, 1.807) is 0 Å². The first-order valence-corrected chi connectivity index (χ1v) is 7.44. The van der Waals surface area contributed by atoms with Gasteiger partial charge in [-0.25, -0.2) is 4.98 Å². The van der Waals surface area contributed by atoms with E-state index in [-0.39, 0.29) is 5.91 Å². The lowest BCUT2D eigenvalue weighted by molar-refractivity contribution is -0.115. The van der Waals surface area contributed by atoms with Crippen LogP contribution < -0.4 is 5.32 Å². The number of amides is 1. The number of hydrogen-bond donors (Lipinski definition) is 1. The van der Waals surface area contributed by atoms with E-state index < -0.39 is 0 Å². The second kappa shape index (κ2) is 5.64. The highest BCUT2D eigenvalue weighted by Gasteiger charge is 2.15. The molecule has 22 heavy (non-hydrogen) atoms. The van der Waals surface area contributed by atoms with Gasteiger partial charge in [0.05, 0.1) is 0 Å². The summed E-state index contributed by atoms with van der Waals surface area (Å²) in [5, 5.41) is 2.98. The predicted octanol–water partition coefficient (Wildman–Crippen LogP) is 3.97. The fourth-order valence-electron chi connectivity index (χ4n) is 2.40. The summed E-state index contributed by atoms with van der Waals surface area (Å²) in [7, 11) is 0. The Kier molecular flexibility index (Phi) is 3.67. The second-order valence-electron chi connectivity index (χ2n) is 5.51. The number of carbonyl (C=O) groups excluding carboxylic acids is 1. The molecule has 0 aliphatic heterocycles. The fraction of sp³-hybridized carbons (Fsp3) is 0.222. The van der Waals surface area contributed by atoms with Crippen LogP contribution in [0.15, 0.2) is 42.6 Å². The normalized spacial score (nSPS) is 10.9. The van der Waals surface area contributed by atoms with Crippen LogP contribution in [0.25, 0.3) is 16.9 Å². The number of pyridine rings is 1. The SMILES string of the molecule is CCC(=O)Nc1c(-c2ccc(C)cc2)nc2cc(C)ccn12. The summed E-state index contributed by atoms with van der Waals surface area (Å²) < 4.78 is 1.93. The zero-order chi connectivity index (χ0) is 15.7. The van der Waals surface area contributed by atoms with Gasteiger partial charge in [-0.15, -0.1) is 0 Å². The molecule has 3 rings (SSSR count). The molecule has 0 radical (unpaired) electrons. The van der Waals surface area contributed by atoms with Gasteiger partial charge in [-0.05, 0) is 31.5 Å². The van der Waals surface area contributed by atoms with Gasteiger partial charge in [-0.3, -0.25) is 9.20 Å². The maximum atomic E-state index is 11.9. The van der Waals surface area contributed by atoms with E-state index in [0.717, 1.165) is 28.3 Å². The molecule has 0 bridgehead atoms. The first kappa shape index (κ1) is 14.3. The van der Waals surface area contributed by atoms with Crippen molar-refractivity contribution in [1.82, 2.24) is 9.38 Å². The molecule has 2 heterocycles. The van der Waals surface area contributed by atoms with Crippen molar-refractivity contribution in [2.75, 3.05) is 5.32 Å². The predicted molar refractivity (Wildman–Crippen MR) is 89.0 cm³/mol. The van der Waals surface area contributed by atoms with Crippen molar-refractivity contribution in [2.24, 2.45) is 0 Å². The Morgan fingerprint density at radius 3 is 2.55 bits per heavy atom. The van der Waals surface area contributed by atoms with Crippen molar-refractivity contribution in [3.05, 3.63) is 53.7 Å². The zero-order valence-corrected chi connectivity index (χ0v) is 13.1. The third-order valence-corrected chi connectivity index (χ3v) is 3.69. The zero-order valence-electron chi connectivity index (χ0n) is 13.1. The van der Waals surface area contributed by atoms with Gasteiger partial charge >= 0.3 is 0 Å². The number of nitrogens with zero attached hydrogens (tertiary/aromatic N) is 2. The molecule has 1 amide bonds. The van der Waals surface area contributed by atoms with Crippen molar-refractivity contribution in [1.29, 1.82) is 0 Å². The van der Waals surface area contributed by atoms with Crippen LogP contribution in [0.5, 0.6) is 0 Å². The Hall–Kier alpha value is -2.62. The van der Waals surface area contributed by atoms with Crippen LogP contribution in [-0.4, -0.2) is 15.3 Å². The molecule has 0 unspecified atom stereocenters. The van der Waals surface area contributed by atoms with Crippen LogP contribution in [0.3, 0.4) is 0 Å². The van der Waals surface area contributed by atoms with Gasteiger partial charge in [-0.1, -0.05) is 36.8 Å².